The van der Waals surface area contributed by atoms with E-state index in [4.69, 9.17) is 14.6 Å². The first-order valence-corrected chi connectivity index (χ1v) is 22.8. The molecule has 65 heavy (non-hydrogen) atoms. The Labute approximate surface area is 383 Å². The van der Waals surface area contributed by atoms with Gasteiger partial charge in [0.2, 0.25) is 23.6 Å². The number of fused-ring (bicyclic) bond motifs is 7. The van der Waals surface area contributed by atoms with Crippen molar-refractivity contribution in [3.63, 3.8) is 0 Å². The molecule has 7 rings (SSSR count). The lowest BCUT2D eigenvalue weighted by Gasteiger charge is -2.62. The summed E-state index contributed by atoms with van der Waals surface area (Å²) < 4.78 is 31.0. The van der Waals surface area contributed by atoms with Gasteiger partial charge in [0.1, 0.15) is 18.7 Å². The van der Waals surface area contributed by atoms with Gasteiger partial charge >= 0.3 is 5.97 Å². The summed E-state index contributed by atoms with van der Waals surface area (Å²) in [5.74, 6) is -5.55. The molecule has 11 atom stereocenters. The number of hydrogen-bond acceptors (Lipinski definition) is 11. The van der Waals surface area contributed by atoms with E-state index in [-0.39, 0.29) is 36.8 Å². The number of hydrogen-bond donors (Lipinski definition) is 7. The number of aliphatic hydroxyl groups excluding tert-OH is 2. The molecule has 4 aliphatic carbocycles. The van der Waals surface area contributed by atoms with Crippen molar-refractivity contribution in [3.05, 3.63) is 89.0 Å². The number of amides is 4. The van der Waals surface area contributed by atoms with E-state index in [0.29, 0.717) is 36.1 Å². The second kappa shape index (κ2) is 18.6. The number of rotatable bonds is 16. The lowest BCUT2D eigenvalue weighted by Crippen LogP contribution is -2.69. The maximum Gasteiger partial charge on any atom is 0.303 e. The van der Waals surface area contributed by atoms with Crippen LogP contribution >= 0.6 is 15.9 Å². The van der Waals surface area contributed by atoms with Gasteiger partial charge < -0.3 is 46.1 Å². The number of halogens is 2. The van der Waals surface area contributed by atoms with Crippen LogP contribution in [0.25, 0.3) is 0 Å². The molecule has 2 aromatic rings. The van der Waals surface area contributed by atoms with E-state index >= 15 is 4.39 Å². The number of carboxylic acid groups (broad SMARTS) is 1. The predicted octanol–water partition coefficient (Wildman–Crippen LogP) is 3.28. The zero-order chi connectivity index (χ0) is 47.1. The Morgan fingerprint density at radius 3 is 2.42 bits per heavy atom. The minimum atomic E-state index is -2.11. The third-order valence-corrected chi connectivity index (χ3v) is 14.9. The van der Waals surface area contributed by atoms with Crippen LogP contribution in [0.3, 0.4) is 0 Å². The van der Waals surface area contributed by atoms with Crippen molar-refractivity contribution in [1.82, 2.24) is 16.0 Å². The van der Waals surface area contributed by atoms with E-state index in [1.54, 1.807) is 25.1 Å². The van der Waals surface area contributed by atoms with Crippen molar-refractivity contribution < 1.29 is 62.7 Å². The van der Waals surface area contributed by atoms with Crippen molar-refractivity contribution in [2.75, 3.05) is 23.8 Å². The van der Waals surface area contributed by atoms with Gasteiger partial charge in [-0.1, -0.05) is 70.9 Å². The first-order valence-electron chi connectivity index (χ1n) is 21.7. The summed E-state index contributed by atoms with van der Waals surface area (Å²) in [7, 11) is 0. The van der Waals surface area contributed by atoms with E-state index < -0.39 is 113 Å². The molecule has 0 spiro atoms. The molecule has 5 aliphatic rings. The topological polar surface area (TPSA) is 247 Å². The zero-order valence-electron chi connectivity index (χ0n) is 36.2. The predicted molar refractivity (Wildman–Crippen MR) is 235 cm³/mol. The number of carbonyl (C=O) groups is 7. The number of carbonyl (C=O) groups excluding carboxylic acids is 6. The molecule has 3 saturated carbocycles. The number of carboxylic acids is 1. The van der Waals surface area contributed by atoms with Crippen LogP contribution in [0.2, 0.25) is 0 Å². The molecule has 2 aromatic carbocycles. The molecule has 4 fully saturated rings. The third-order valence-electron chi connectivity index (χ3n) is 14.4. The Hall–Kier alpha value is -5.14. The number of nitrogens with one attached hydrogen (secondary N) is 4. The molecular weight excluding hydrogens is 911 g/mol. The van der Waals surface area contributed by atoms with E-state index in [0.717, 1.165) is 11.1 Å². The fraction of sp³-hybridized carbons (Fsp3) is 0.511. The average molecular weight is 966 g/mol. The Bertz CT molecular complexity index is 2330. The smallest absolute Gasteiger partial charge is 0.303 e. The summed E-state index contributed by atoms with van der Waals surface area (Å²) in [6.45, 7) is 3.72. The van der Waals surface area contributed by atoms with Gasteiger partial charge in [-0.3, -0.25) is 33.6 Å². The fourth-order valence-corrected chi connectivity index (χ4v) is 11.3. The van der Waals surface area contributed by atoms with Gasteiger partial charge in [-0.15, -0.1) is 0 Å². The van der Waals surface area contributed by atoms with Crippen molar-refractivity contribution in [2.24, 2.45) is 22.7 Å². The highest BCUT2D eigenvalue weighted by atomic mass is 79.9. The molecule has 7 N–H and O–H groups in total. The van der Waals surface area contributed by atoms with Crippen LogP contribution in [-0.2, 0) is 49.5 Å². The lowest BCUT2D eigenvalue weighted by molar-refractivity contribution is -0.231. The van der Waals surface area contributed by atoms with Gasteiger partial charge in [-0.2, -0.15) is 0 Å². The monoisotopic (exact) mass is 964 g/mol. The number of ketones is 2. The van der Waals surface area contributed by atoms with Gasteiger partial charge in [-0.25, -0.2) is 4.39 Å². The van der Waals surface area contributed by atoms with Crippen LogP contribution < -0.4 is 21.3 Å². The molecule has 4 amide bonds. The number of aliphatic hydroxyl groups is 2. The Morgan fingerprint density at radius 1 is 0.985 bits per heavy atom. The number of Topliss-reactive ketones (excluding diaryl/α,β-unsaturated/α-hetero) is 1. The van der Waals surface area contributed by atoms with E-state index in [1.807, 2.05) is 43.3 Å². The summed E-state index contributed by atoms with van der Waals surface area (Å²) in [6, 6.07) is 12.2. The molecule has 0 unspecified atom stereocenters. The Morgan fingerprint density at radius 2 is 1.72 bits per heavy atom. The maximum atomic E-state index is 17.8. The summed E-state index contributed by atoms with van der Waals surface area (Å²) in [5, 5.41) is 41.1. The third kappa shape index (κ3) is 8.70. The Balaban J connectivity index is 0.958. The highest BCUT2D eigenvalue weighted by molar-refractivity contribution is 9.09. The number of benzene rings is 2. The summed E-state index contributed by atoms with van der Waals surface area (Å²) in [5.41, 5.74) is -2.53. The molecule has 1 aliphatic heterocycles. The number of alkyl halides is 2. The van der Waals surface area contributed by atoms with Crippen LogP contribution in [0.15, 0.2) is 72.3 Å². The minimum absolute atomic E-state index is 0.108. The minimum Gasteiger partial charge on any atom is -0.481 e. The van der Waals surface area contributed by atoms with E-state index in [9.17, 15) is 43.8 Å². The molecule has 0 aromatic heterocycles. The van der Waals surface area contributed by atoms with Gasteiger partial charge in [0.25, 0.3) is 0 Å². The number of aliphatic carboxylic acids is 1. The summed E-state index contributed by atoms with van der Waals surface area (Å²) in [6.07, 6.45) is 2.02. The van der Waals surface area contributed by atoms with Crippen LogP contribution in [0.1, 0.15) is 82.3 Å². The average Bonchev–Trinajstić information content (AvgIpc) is 3.78. The van der Waals surface area contributed by atoms with Crippen molar-refractivity contribution in [1.29, 1.82) is 0 Å². The van der Waals surface area contributed by atoms with Gasteiger partial charge in [0, 0.05) is 34.4 Å². The summed E-state index contributed by atoms with van der Waals surface area (Å²) >= 11 is 2.97. The SMILES string of the molecule is C[C@H](NC(=O)[C@H](CCC(=O)O)NC(=O)CBr)C(=O)NCC(=O)Nc1ccc(Cc2cccc([C@@H]3O[C@@H]4C[C@H]5[C@@H]6CCC7=CC(=O)C=C[C@]7(C)[C@@]6(F)[C@@H](O)C[C@]5(C)[C@]4(C(=O)CO)O3)c2)cc1. The van der Waals surface area contributed by atoms with Gasteiger partial charge in [-0.05, 0) is 93.7 Å². The standard InChI is InChI=1S/C47H54BrFN4O12/c1-25(51-42(63)34(13-14-40(60)61)53-38(58)22-48)41(62)50-23-39(59)52-30-10-7-26(8-11-30)17-27-5-4-6-28(18-27)43-64-37-20-33-32-12-9-29-19-31(55)15-16-44(29,2)46(32,49)35(56)21-45(33,3)47(37,65-43)36(57)24-54/h4-8,10-11,15-16,18-19,25,32-35,37,43,54,56H,9,12-14,17,20-24H2,1-3H3,(H,50,62)(H,51,63)(H,52,59)(H,53,58)(H,60,61)/t25-,32-,33-,34-,35-,37+,43+,44-,45-,46-,47+/m0/s1. The molecule has 1 saturated heterocycles. The quantitative estimate of drug-likeness (QED) is 0.120. The largest absolute Gasteiger partial charge is 0.481 e. The van der Waals surface area contributed by atoms with Crippen LogP contribution in [0, 0.1) is 22.7 Å². The second-order valence-electron chi connectivity index (χ2n) is 18.2. The molecule has 0 bridgehead atoms. The van der Waals surface area contributed by atoms with E-state index in [2.05, 4.69) is 37.2 Å². The summed E-state index contributed by atoms with van der Waals surface area (Å²) in [4.78, 5) is 87.1. The van der Waals surface area contributed by atoms with Crippen LogP contribution in [-0.4, -0.2) is 111 Å². The first-order chi connectivity index (χ1) is 30.8. The molecule has 348 valence electrons. The normalized spacial score (nSPS) is 31.8. The maximum absolute atomic E-state index is 17.8. The molecule has 0 radical (unpaired) electrons. The van der Waals surface area contributed by atoms with E-state index in [1.165, 1.54) is 19.1 Å². The van der Waals surface area contributed by atoms with Gasteiger partial charge in [0.15, 0.2) is 29.1 Å². The highest BCUT2D eigenvalue weighted by Gasteiger charge is 2.79. The highest BCUT2D eigenvalue weighted by Crippen LogP contribution is 2.72. The van der Waals surface area contributed by atoms with Crippen molar-refractivity contribution >= 4 is 62.8 Å². The first kappa shape index (κ1) is 47.8. The fourth-order valence-electron chi connectivity index (χ4n) is 11.2. The molecule has 1 heterocycles. The zero-order valence-corrected chi connectivity index (χ0v) is 37.8. The Kier molecular flexibility index (Phi) is 13.7. The molecule has 16 nitrogen and oxygen atoms in total. The number of anilines is 1. The van der Waals surface area contributed by atoms with Crippen LogP contribution in [0.5, 0.6) is 0 Å². The molecule has 18 heteroatoms. The lowest BCUT2D eigenvalue weighted by atomic mass is 9.44. The van der Waals surface area contributed by atoms with Gasteiger partial charge in [0.05, 0.1) is 24.1 Å². The molecular formula is C47H54BrFN4O12. The van der Waals surface area contributed by atoms with Crippen molar-refractivity contribution in [3.8, 4) is 0 Å². The van der Waals surface area contributed by atoms with Crippen LogP contribution in [0.4, 0.5) is 10.1 Å². The van der Waals surface area contributed by atoms with Crippen molar-refractivity contribution in [2.45, 2.75) is 108 Å². The number of ether oxygens (including phenoxy) is 2. The second-order valence-corrected chi connectivity index (χ2v) is 18.8. The number of allylic oxidation sites excluding steroid dienone is 4.